The number of hydrogen-bond acceptors (Lipinski definition) is 2. The van der Waals surface area contributed by atoms with Gasteiger partial charge in [-0.2, -0.15) is 5.10 Å². The first-order chi connectivity index (χ1) is 6.24. The highest BCUT2D eigenvalue weighted by Gasteiger charge is 2.10. The van der Waals surface area contributed by atoms with Crippen molar-refractivity contribution in [2.75, 3.05) is 7.11 Å². The number of benzene rings is 1. The van der Waals surface area contributed by atoms with Crippen LogP contribution in [-0.4, -0.2) is 17.3 Å². The number of hydrogen-bond donors (Lipinski definition) is 1. The molecule has 0 unspecified atom stereocenters. The van der Waals surface area contributed by atoms with Gasteiger partial charge >= 0.3 is 0 Å². The molecule has 0 bridgehead atoms. The molecule has 1 heterocycles. The average Bonchev–Trinajstić information content (AvgIpc) is 2.49. The van der Waals surface area contributed by atoms with E-state index in [0.29, 0.717) is 0 Å². The van der Waals surface area contributed by atoms with Crippen molar-refractivity contribution < 1.29 is 4.74 Å². The predicted molar refractivity (Wildman–Crippen MR) is 58.0 cm³/mol. The van der Waals surface area contributed by atoms with Crippen LogP contribution in [0.15, 0.2) is 21.2 Å². The normalized spacial score (nSPS) is 10.7. The van der Waals surface area contributed by atoms with Crippen molar-refractivity contribution >= 4 is 42.8 Å². The van der Waals surface area contributed by atoms with Crippen molar-refractivity contribution in [1.29, 1.82) is 0 Å². The number of ether oxygens (including phenoxy) is 1. The second kappa shape index (κ2) is 3.31. The molecule has 3 nitrogen and oxygen atoms in total. The third-order valence-electron chi connectivity index (χ3n) is 1.80. The first-order valence-electron chi connectivity index (χ1n) is 3.60. The molecule has 2 aromatic rings. The lowest BCUT2D eigenvalue weighted by Gasteiger charge is -2.02. The van der Waals surface area contributed by atoms with E-state index in [2.05, 4.69) is 42.1 Å². The number of H-pyrrole nitrogens is 1. The van der Waals surface area contributed by atoms with Crippen molar-refractivity contribution in [3.63, 3.8) is 0 Å². The topological polar surface area (TPSA) is 37.9 Å². The van der Waals surface area contributed by atoms with Crippen LogP contribution in [0.5, 0.6) is 5.75 Å². The molecule has 0 spiro atoms. The number of rotatable bonds is 1. The third-order valence-corrected chi connectivity index (χ3v) is 3.16. The summed E-state index contributed by atoms with van der Waals surface area (Å²) in [5, 5.41) is 7.95. The number of aromatic nitrogens is 2. The minimum absolute atomic E-state index is 0.801. The number of aromatic amines is 1. The SMILES string of the molecule is COc1ccc2n[nH]c(Br)c2c1Br. The van der Waals surface area contributed by atoms with E-state index < -0.39 is 0 Å². The molecular weight excluding hydrogens is 300 g/mol. The number of nitrogens with zero attached hydrogens (tertiary/aromatic N) is 1. The first-order valence-corrected chi connectivity index (χ1v) is 5.18. The zero-order chi connectivity index (χ0) is 9.42. The van der Waals surface area contributed by atoms with E-state index >= 15 is 0 Å². The molecule has 0 saturated heterocycles. The van der Waals surface area contributed by atoms with Crippen molar-refractivity contribution in [3.05, 3.63) is 21.2 Å². The molecule has 0 atom stereocenters. The Kier molecular flexibility index (Phi) is 2.29. The highest BCUT2D eigenvalue weighted by atomic mass is 79.9. The number of fused-ring (bicyclic) bond motifs is 1. The summed E-state index contributed by atoms with van der Waals surface area (Å²) in [7, 11) is 1.64. The van der Waals surface area contributed by atoms with E-state index in [1.165, 1.54) is 0 Å². The van der Waals surface area contributed by atoms with Crippen LogP contribution in [0.3, 0.4) is 0 Å². The fourth-order valence-corrected chi connectivity index (χ4v) is 2.62. The predicted octanol–water partition coefficient (Wildman–Crippen LogP) is 3.10. The van der Waals surface area contributed by atoms with Gasteiger partial charge in [0.1, 0.15) is 10.4 Å². The van der Waals surface area contributed by atoms with E-state index in [0.717, 1.165) is 25.7 Å². The summed E-state index contributed by atoms with van der Waals surface area (Å²) in [5.41, 5.74) is 0.902. The standard InChI is InChI=1S/C8H6Br2N2O/c1-13-5-3-2-4-6(7(5)9)8(10)12-11-4/h2-3H,1H3,(H,11,12). The summed E-state index contributed by atoms with van der Waals surface area (Å²) in [6, 6.07) is 3.78. The van der Waals surface area contributed by atoms with Gasteiger partial charge in [-0.05, 0) is 44.0 Å². The highest BCUT2D eigenvalue weighted by molar-refractivity contribution is 9.11. The van der Waals surface area contributed by atoms with Crippen molar-refractivity contribution in [1.82, 2.24) is 10.2 Å². The fraction of sp³-hybridized carbons (Fsp3) is 0.125. The van der Waals surface area contributed by atoms with Crippen LogP contribution in [0, 0.1) is 0 Å². The molecule has 0 saturated carbocycles. The van der Waals surface area contributed by atoms with Crippen molar-refractivity contribution in [3.8, 4) is 5.75 Å². The molecule has 2 rings (SSSR count). The quantitative estimate of drug-likeness (QED) is 0.879. The largest absolute Gasteiger partial charge is 0.496 e. The lowest BCUT2D eigenvalue weighted by Crippen LogP contribution is -1.84. The lowest BCUT2D eigenvalue weighted by molar-refractivity contribution is 0.413. The van der Waals surface area contributed by atoms with E-state index in [1.807, 2.05) is 12.1 Å². The zero-order valence-electron chi connectivity index (χ0n) is 6.77. The van der Waals surface area contributed by atoms with Gasteiger partial charge in [0.2, 0.25) is 0 Å². The van der Waals surface area contributed by atoms with E-state index in [-0.39, 0.29) is 0 Å². The second-order valence-electron chi connectivity index (χ2n) is 2.51. The molecule has 1 N–H and O–H groups in total. The fourth-order valence-electron chi connectivity index (χ4n) is 1.17. The summed E-state index contributed by atoms with van der Waals surface area (Å²) in [5.74, 6) is 0.801. The number of halogens is 2. The Morgan fingerprint density at radius 3 is 2.85 bits per heavy atom. The van der Waals surface area contributed by atoms with Crippen LogP contribution in [0.2, 0.25) is 0 Å². The summed E-state index contributed by atoms with van der Waals surface area (Å²) in [4.78, 5) is 0. The van der Waals surface area contributed by atoms with Gasteiger partial charge in [0.15, 0.2) is 0 Å². The third kappa shape index (κ3) is 1.36. The van der Waals surface area contributed by atoms with Gasteiger partial charge in [-0.3, -0.25) is 5.10 Å². The molecule has 0 aliphatic rings. The maximum Gasteiger partial charge on any atom is 0.133 e. The zero-order valence-corrected chi connectivity index (χ0v) is 9.94. The van der Waals surface area contributed by atoms with E-state index in [4.69, 9.17) is 4.74 Å². The van der Waals surface area contributed by atoms with Crippen LogP contribution in [0.1, 0.15) is 0 Å². The lowest BCUT2D eigenvalue weighted by atomic mass is 10.2. The Labute approximate surface area is 91.7 Å². The summed E-state index contributed by atoms with van der Waals surface area (Å²) in [6.45, 7) is 0. The van der Waals surface area contributed by atoms with Gasteiger partial charge in [0.05, 0.1) is 22.5 Å². The molecule has 0 aliphatic carbocycles. The van der Waals surface area contributed by atoms with Crippen molar-refractivity contribution in [2.24, 2.45) is 0 Å². The van der Waals surface area contributed by atoms with Crippen LogP contribution < -0.4 is 4.74 Å². The molecular formula is C8H6Br2N2O. The number of methoxy groups -OCH3 is 1. The molecule has 1 aromatic carbocycles. The smallest absolute Gasteiger partial charge is 0.133 e. The molecule has 0 aliphatic heterocycles. The van der Waals surface area contributed by atoms with Gasteiger partial charge in [-0.15, -0.1) is 0 Å². The summed E-state index contributed by atoms with van der Waals surface area (Å²) < 4.78 is 6.93. The van der Waals surface area contributed by atoms with Crippen LogP contribution in [0.4, 0.5) is 0 Å². The summed E-state index contributed by atoms with van der Waals surface area (Å²) in [6.07, 6.45) is 0. The van der Waals surface area contributed by atoms with Crippen LogP contribution in [0.25, 0.3) is 10.9 Å². The molecule has 0 amide bonds. The Morgan fingerprint density at radius 1 is 1.38 bits per heavy atom. The Hall–Kier alpha value is -0.550. The Bertz CT molecular complexity index is 453. The maximum absolute atomic E-state index is 5.17. The van der Waals surface area contributed by atoms with Crippen LogP contribution in [-0.2, 0) is 0 Å². The molecule has 0 radical (unpaired) electrons. The second-order valence-corrected chi connectivity index (χ2v) is 4.10. The maximum atomic E-state index is 5.17. The Balaban J connectivity index is 2.83. The first kappa shape index (κ1) is 9.02. The van der Waals surface area contributed by atoms with Gasteiger partial charge < -0.3 is 4.74 Å². The van der Waals surface area contributed by atoms with E-state index in [1.54, 1.807) is 7.11 Å². The average molecular weight is 306 g/mol. The minimum Gasteiger partial charge on any atom is -0.496 e. The van der Waals surface area contributed by atoms with Gasteiger partial charge in [0, 0.05) is 0 Å². The monoisotopic (exact) mass is 304 g/mol. The molecule has 5 heteroatoms. The minimum atomic E-state index is 0.801. The molecule has 1 aromatic heterocycles. The van der Waals surface area contributed by atoms with Gasteiger partial charge in [-0.1, -0.05) is 0 Å². The van der Waals surface area contributed by atoms with E-state index in [9.17, 15) is 0 Å². The van der Waals surface area contributed by atoms with Gasteiger partial charge in [-0.25, -0.2) is 0 Å². The van der Waals surface area contributed by atoms with Crippen LogP contribution >= 0.6 is 31.9 Å². The van der Waals surface area contributed by atoms with Gasteiger partial charge in [0.25, 0.3) is 0 Å². The van der Waals surface area contributed by atoms with Crippen molar-refractivity contribution in [2.45, 2.75) is 0 Å². The molecule has 0 fully saturated rings. The molecule has 68 valence electrons. The Morgan fingerprint density at radius 2 is 2.15 bits per heavy atom. The highest BCUT2D eigenvalue weighted by Crippen LogP contribution is 2.35. The molecule has 13 heavy (non-hydrogen) atoms. The number of nitrogens with one attached hydrogen (secondary N) is 1. The summed E-state index contributed by atoms with van der Waals surface area (Å²) >= 11 is 6.83.